The molecular weight excluding hydrogens is 176 g/mol. The number of rotatable bonds is 1. The Labute approximate surface area is 83.3 Å². The highest BCUT2D eigenvalue weighted by molar-refractivity contribution is 5.94. The maximum absolute atomic E-state index is 11.1. The highest BCUT2D eigenvalue weighted by Gasteiger charge is 2.16. The van der Waals surface area contributed by atoms with Crippen molar-refractivity contribution in [2.45, 2.75) is 32.6 Å². The van der Waals surface area contributed by atoms with Crippen molar-refractivity contribution in [2.24, 2.45) is 5.73 Å². The van der Waals surface area contributed by atoms with Crippen LogP contribution in [-0.2, 0) is 12.8 Å². The lowest BCUT2D eigenvalue weighted by Gasteiger charge is -2.18. The Morgan fingerprint density at radius 3 is 2.86 bits per heavy atom. The van der Waals surface area contributed by atoms with Crippen molar-refractivity contribution in [3.05, 3.63) is 28.6 Å². The first-order valence-electron chi connectivity index (χ1n) is 4.97. The van der Waals surface area contributed by atoms with E-state index in [1.807, 2.05) is 6.92 Å². The summed E-state index contributed by atoms with van der Waals surface area (Å²) in [7, 11) is 0. The summed E-state index contributed by atoms with van der Waals surface area (Å²) in [5.74, 6) is -0.372. The summed E-state index contributed by atoms with van der Waals surface area (Å²) >= 11 is 0. The van der Waals surface area contributed by atoms with Crippen LogP contribution in [0, 0.1) is 6.92 Å². The first kappa shape index (κ1) is 9.19. The number of aryl methyl sites for hydroxylation is 1. The van der Waals surface area contributed by atoms with E-state index < -0.39 is 0 Å². The summed E-state index contributed by atoms with van der Waals surface area (Å²) in [4.78, 5) is 15.4. The van der Waals surface area contributed by atoms with Crippen LogP contribution >= 0.6 is 0 Å². The van der Waals surface area contributed by atoms with Gasteiger partial charge < -0.3 is 5.73 Å². The second kappa shape index (κ2) is 3.40. The van der Waals surface area contributed by atoms with E-state index in [0.717, 1.165) is 24.1 Å². The van der Waals surface area contributed by atoms with E-state index in [0.29, 0.717) is 5.56 Å². The molecule has 1 aromatic heterocycles. The number of primary amides is 1. The van der Waals surface area contributed by atoms with Gasteiger partial charge in [0, 0.05) is 11.9 Å². The van der Waals surface area contributed by atoms with Crippen LogP contribution in [0.25, 0.3) is 0 Å². The third kappa shape index (κ3) is 1.39. The van der Waals surface area contributed by atoms with Crippen LogP contribution in [-0.4, -0.2) is 10.9 Å². The molecule has 1 heterocycles. The summed E-state index contributed by atoms with van der Waals surface area (Å²) in [6.07, 6.45) is 6.08. The summed E-state index contributed by atoms with van der Waals surface area (Å²) in [6, 6.07) is 0. The van der Waals surface area contributed by atoms with Crippen molar-refractivity contribution in [3.63, 3.8) is 0 Å². The number of pyridine rings is 1. The fourth-order valence-electron chi connectivity index (χ4n) is 2.09. The molecule has 0 bridgehead atoms. The van der Waals surface area contributed by atoms with Gasteiger partial charge in [0.2, 0.25) is 0 Å². The molecule has 0 fully saturated rings. The number of hydrogen-bond acceptors (Lipinski definition) is 2. The van der Waals surface area contributed by atoms with Gasteiger partial charge >= 0.3 is 0 Å². The predicted molar refractivity (Wildman–Crippen MR) is 54.1 cm³/mol. The zero-order valence-corrected chi connectivity index (χ0v) is 8.34. The Hall–Kier alpha value is -1.38. The molecule has 1 amide bonds. The first-order chi connectivity index (χ1) is 6.70. The molecule has 0 spiro atoms. The maximum atomic E-state index is 11.1. The van der Waals surface area contributed by atoms with Crippen LogP contribution in [0.15, 0.2) is 6.20 Å². The van der Waals surface area contributed by atoms with Crippen molar-refractivity contribution in [1.29, 1.82) is 0 Å². The quantitative estimate of drug-likeness (QED) is 0.727. The SMILES string of the molecule is Cc1c(C(N)=O)cnc2c1CCCC2. The van der Waals surface area contributed by atoms with Gasteiger partial charge in [0.05, 0.1) is 5.56 Å². The summed E-state index contributed by atoms with van der Waals surface area (Å²) < 4.78 is 0. The van der Waals surface area contributed by atoms with Crippen molar-refractivity contribution < 1.29 is 4.79 Å². The molecule has 0 aromatic carbocycles. The molecular formula is C11H14N2O. The van der Waals surface area contributed by atoms with Crippen LogP contribution in [0.3, 0.4) is 0 Å². The van der Waals surface area contributed by atoms with E-state index in [4.69, 9.17) is 5.73 Å². The molecule has 74 valence electrons. The van der Waals surface area contributed by atoms with Crippen molar-refractivity contribution in [3.8, 4) is 0 Å². The number of hydrogen-bond donors (Lipinski definition) is 1. The number of carbonyl (C=O) groups excluding carboxylic acids is 1. The normalized spacial score (nSPS) is 14.9. The van der Waals surface area contributed by atoms with Gasteiger partial charge in [-0.1, -0.05) is 0 Å². The van der Waals surface area contributed by atoms with E-state index in [2.05, 4.69) is 4.98 Å². The number of aromatic nitrogens is 1. The van der Waals surface area contributed by atoms with Crippen LogP contribution < -0.4 is 5.73 Å². The van der Waals surface area contributed by atoms with Crippen LogP contribution in [0.2, 0.25) is 0 Å². The molecule has 3 nitrogen and oxygen atoms in total. The van der Waals surface area contributed by atoms with E-state index in [1.54, 1.807) is 6.20 Å². The molecule has 0 atom stereocenters. The topological polar surface area (TPSA) is 56.0 Å². The summed E-state index contributed by atoms with van der Waals surface area (Å²) in [5.41, 5.74) is 9.27. The van der Waals surface area contributed by atoms with E-state index in [1.165, 1.54) is 18.4 Å². The minimum Gasteiger partial charge on any atom is -0.366 e. The minimum atomic E-state index is -0.372. The monoisotopic (exact) mass is 190 g/mol. The highest BCUT2D eigenvalue weighted by atomic mass is 16.1. The van der Waals surface area contributed by atoms with Gasteiger partial charge in [-0.2, -0.15) is 0 Å². The highest BCUT2D eigenvalue weighted by Crippen LogP contribution is 2.24. The molecule has 1 aliphatic carbocycles. The zero-order valence-electron chi connectivity index (χ0n) is 8.34. The van der Waals surface area contributed by atoms with Crippen molar-refractivity contribution >= 4 is 5.91 Å². The number of nitrogens with two attached hydrogens (primary N) is 1. The number of carbonyl (C=O) groups is 1. The molecule has 0 aliphatic heterocycles. The third-order valence-electron chi connectivity index (χ3n) is 2.91. The van der Waals surface area contributed by atoms with Gasteiger partial charge in [-0.25, -0.2) is 0 Å². The Bertz CT molecular complexity index is 385. The summed E-state index contributed by atoms with van der Waals surface area (Å²) in [6.45, 7) is 1.96. The largest absolute Gasteiger partial charge is 0.366 e. The average molecular weight is 190 g/mol. The zero-order chi connectivity index (χ0) is 10.1. The molecule has 2 rings (SSSR count). The van der Waals surface area contributed by atoms with Gasteiger partial charge in [-0.3, -0.25) is 9.78 Å². The number of amides is 1. The van der Waals surface area contributed by atoms with E-state index in [9.17, 15) is 4.79 Å². The first-order valence-corrected chi connectivity index (χ1v) is 4.97. The smallest absolute Gasteiger partial charge is 0.250 e. The molecule has 0 unspecified atom stereocenters. The second-order valence-electron chi connectivity index (χ2n) is 3.79. The molecule has 0 radical (unpaired) electrons. The number of fused-ring (bicyclic) bond motifs is 1. The second-order valence-corrected chi connectivity index (χ2v) is 3.79. The van der Waals surface area contributed by atoms with E-state index in [-0.39, 0.29) is 5.91 Å². The minimum absolute atomic E-state index is 0.372. The van der Waals surface area contributed by atoms with Gasteiger partial charge in [0.1, 0.15) is 0 Å². The lowest BCUT2D eigenvalue weighted by molar-refractivity contribution is 0.0999. The van der Waals surface area contributed by atoms with Gasteiger partial charge in [-0.05, 0) is 43.7 Å². The Morgan fingerprint density at radius 2 is 2.14 bits per heavy atom. The van der Waals surface area contributed by atoms with Crippen molar-refractivity contribution in [2.75, 3.05) is 0 Å². The van der Waals surface area contributed by atoms with Crippen LogP contribution in [0.4, 0.5) is 0 Å². The lowest BCUT2D eigenvalue weighted by Crippen LogP contribution is -2.17. The molecule has 3 heteroatoms. The predicted octanol–water partition coefficient (Wildman–Crippen LogP) is 1.37. The van der Waals surface area contributed by atoms with Crippen LogP contribution in [0.1, 0.15) is 40.0 Å². The molecule has 2 N–H and O–H groups in total. The molecule has 14 heavy (non-hydrogen) atoms. The van der Waals surface area contributed by atoms with Gasteiger partial charge in [-0.15, -0.1) is 0 Å². The third-order valence-corrected chi connectivity index (χ3v) is 2.91. The summed E-state index contributed by atoms with van der Waals surface area (Å²) in [5, 5.41) is 0. The molecule has 1 aromatic rings. The molecule has 0 saturated heterocycles. The number of nitrogens with zero attached hydrogens (tertiary/aromatic N) is 1. The van der Waals surface area contributed by atoms with Gasteiger partial charge in [0.25, 0.3) is 5.91 Å². The average Bonchev–Trinajstić information content (AvgIpc) is 2.18. The van der Waals surface area contributed by atoms with Gasteiger partial charge in [0.15, 0.2) is 0 Å². The van der Waals surface area contributed by atoms with Crippen molar-refractivity contribution in [1.82, 2.24) is 4.98 Å². The fourth-order valence-corrected chi connectivity index (χ4v) is 2.09. The standard InChI is InChI=1S/C11H14N2O/c1-7-8-4-2-3-5-10(8)13-6-9(7)11(12)14/h6H,2-5H2,1H3,(H2,12,14). The van der Waals surface area contributed by atoms with Crippen LogP contribution in [0.5, 0.6) is 0 Å². The Balaban J connectivity index is 2.54. The van der Waals surface area contributed by atoms with E-state index >= 15 is 0 Å². The Kier molecular flexibility index (Phi) is 2.23. The maximum Gasteiger partial charge on any atom is 0.250 e. The molecule has 0 saturated carbocycles. The molecule has 1 aliphatic rings. The lowest BCUT2D eigenvalue weighted by atomic mass is 9.91. The Morgan fingerprint density at radius 1 is 1.43 bits per heavy atom. The fraction of sp³-hybridized carbons (Fsp3) is 0.455.